The highest BCUT2D eigenvalue weighted by Crippen LogP contribution is 2.44. The summed E-state index contributed by atoms with van der Waals surface area (Å²) in [5, 5.41) is 5.10. The van der Waals surface area contributed by atoms with E-state index >= 15 is 0 Å². The molecule has 4 aromatic rings. The molecule has 0 aliphatic heterocycles. The van der Waals surface area contributed by atoms with Gasteiger partial charge in [0, 0.05) is 18.0 Å². The Labute approximate surface area is 199 Å². The van der Waals surface area contributed by atoms with Crippen LogP contribution in [0.5, 0.6) is 5.75 Å². The molecule has 1 aliphatic rings. The van der Waals surface area contributed by atoms with Crippen LogP contribution in [0.4, 0.5) is 4.79 Å². The van der Waals surface area contributed by atoms with Gasteiger partial charge in [0.05, 0.1) is 6.61 Å². The van der Waals surface area contributed by atoms with E-state index in [9.17, 15) is 4.79 Å². The Morgan fingerprint density at radius 1 is 0.882 bits per heavy atom. The van der Waals surface area contributed by atoms with Gasteiger partial charge in [-0.25, -0.2) is 4.79 Å². The molecule has 0 spiro atoms. The largest absolute Gasteiger partial charge is 0.493 e. The zero-order valence-corrected chi connectivity index (χ0v) is 19.2. The SMILES string of the molecule is CCOc1ccc2ccccc2c1C=CCNC(=O)OCC1c2ccccc2-c2ccccc21. The molecule has 0 saturated carbocycles. The van der Waals surface area contributed by atoms with E-state index in [1.54, 1.807) is 0 Å². The van der Waals surface area contributed by atoms with Crippen molar-refractivity contribution >= 4 is 22.9 Å². The van der Waals surface area contributed by atoms with Crippen LogP contribution in [0.2, 0.25) is 0 Å². The summed E-state index contributed by atoms with van der Waals surface area (Å²) in [7, 11) is 0. The van der Waals surface area contributed by atoms with Crippen LogP contribution in [0, 0.1) is 0 Å². The normalized spacial score (nSPS) is 12.5. The van der Waals surface area contributed by atoms with E-state index in [0.717, 1.165) is 22.1 Å². The van der Waals surface area contributed by atoms with Gasteiger partial charge in [-0.05, 0) is 46.0 Å². The molecule has 0 unspecified atom stereocenters. The number of hydrogen-bond acceptors (Lipinski definition) is 3. The molecular weight excluding hydrogens is 422 g/mol. The number of hydrogen-bond donors (Lipinski definition) is 1. The molecule has 4 nitrogen and oxygen atoms in total. The van der Waals surface area contributed by atoms with Crippen molar-refractivity contribution in [2.45, 2.75) is 12.8 Å². The number of nitrogens with one attached hydrogen (secondary N) is 1. The molecule has 0 heterocycles. The van der Waals surface area contributed by atoms with E-state index in [1.165, 1.54) is 22.3 Å². The van der Waals surface area contributed by atoms with Gasteiger partial charge in [-0.3, -0.25) is 0 Å². The minimum absolute atomic E-state index is 0.0538. The number of benzene rings is 4. The van der Waals surface area contributed by atoms with Gasteiger partial charge in [-0.2, -0.15) is 0 Å². The zero-order chi connectivity index (χ0) is 23.3. The van der Waals surface area contributed by atoms with Crippen LogP contribution in [-0.4, -0.2) is 25.9 Å². The summed E-state index contributed by atoms with van der Waals surface area (Å²) >= 11 is 0. The Bertz CT molecular complexity index is 1310. The van der Waals surface area contributed by atoms with Crippen molar-refractivity contribution in [2.75, 3.05) is 19.8 Å². The number of rotatable bonds is 7. The first-order valence-corrected chi connectivity index (χ1v) is 11.7. The number of carbonyl (C=O) groups is 1. The molecule has 0 aromatic heterocycles. The number of alkyl carbamates (subject to hydrolysis) is 1. The van der Waals surface area contributed by atoms with E-state index in [-0.39, 0.29) is 5.92 Å². The Morgan fingerprint density at radius 3 is 2.29 bits per heavy atom. The summed E-state index contributed by atoms with van der Waals surface area (Å²) in [5.41, 5.74) is 5.85. The van der Waals surface area contributed by atoms with E-state index in [1.807, 2.05) is 61.5 Å². The Balaban J connectivity index is 1.23. The lowest BCUT2D eigenvalue weighted by atomic mass is 9.98. The zero-order valence-electron chi connectivity index (χ0n) is 19.2. The summed E-state index contributed by atoms with van der Waals surface area (Å²) < 4.78 is 11.4. The summed E-state index contributed by atoms with van der Waals surface area (Å²) in [6.07, 6.45) is 3.50. The molecule has 170 valence electrons. The van der Waals surface area contributed by atoms with Crippen LogP contribution in [0.3, 0.4) is 0 Å². The topological polar surface area (TPSA) is 47.6 Å². The van der Waals surface area contributed by atoms with Crippen molar-refractivity contribution in [1.82, 2.24) is 5.32 Å². The van der Waals surface area contributed by atoms with E-state index in [2.05, 4.69) is 47.8 Å². The lowest BCUT2D eigenvalue weighted by molar-refractivity contribution is 0.144. The number of amides is 1. The van der Waals surface area contributed by atoms with Gasteiger partial charge in [0.1, 0.15) is 12.4 Å². The van der Waals surface area contributed by atoms with Gasteiger partial charge in [-0.15, -0.1) is 0 Å². The molecular formula is C30H27NO3. The smallest absolute Gasteiger partial charge is 0.407 e. The van der Waals surface area contributed by atoms with E-state index < -0.39 is 6.09 Å². The molecule has 0 atom stereocenters. The predicted octanol–water partition coefficient (Wildman–Crippen LogP) is 6.79. The minimum Gasteiger partial charge on any atom is -0.493 e. The molecule has 5 rings (SSSR count). The molecule has 4 aromatic carbocycles. The Hall–Kier alpha value is -4.05. The maximum absolute atomic E-state index is 12.4. The van der Waals surface area contributed by atoms with Crippen molar-refractivity contribution in [2.24, 2.45) is 0 Å². The van der Waals surface area contributed by atoms with Crippen LogP contribution in [0.1, 0.15) is 29.5 Å². The summed E-state index contributed by atoms with van der Waals surface area (Å²) in [5.74, 6) is 0.886. The molecule has 4 heteroatoms. The third kappa shape index (κ3) is 4.27. The molecule has 1 aliphatic carbocycles. The number of fused-ring (bicyclic) bond motifs is 4. The van der Waals surface area contributed by atoms with Gasteiger partial charge in [-0.1, -0.05) is 91.0 Å². The first-order valence-electron chi connectivity index (χ1n) is 11.7. The van der Waals surface area contributed by atoms with Crippen LogP contribution in [0.25, 0.3) is 28.0 Å². The van der Waals surface area contributed by atoms with Crippen molar-refractivity contribution in [1.29, 1.82) is 0 Å². The van der Waals surface area contributed by atoms with Gasteiger partial charge < -0.3 is 14.8 Å². The number of carbonyl (C=O) groups excluding carboxylic acids is 1. The van der Waals surface area contributed by atoms with E-state index in [0.29, 0.717) is 19.8 Å². The Kier molecular flexibility index (Phi) is 6.30. The second kappa shape index (κ2) is 9.84. The van der Waals surface area contributed by atoms with Crippen LogP contribution in [0.15, 0.2) is 91.0 Å². The fourth-order valence-electron chi connectivity index (χ4n) is 4.70. The second-order valence-electron chi connectivity index (χ2n) is 8.24. The third-order valence-corrected chi connectivity index (χ3v) is 6.22. The van der Waals surface area contributed by atoms with E-state index in [4.69, 9.17) is 9.47 Å². The minimum atomic E-state index is -0.422. The maximum Gasteiger partial charge on any atom is 0.407 e. The Morgan fingerprint density at radius 2 is 1.56 bits per heavy atom. The summed E-state index contributed by atoms with van der Waals surface area (Å²) in [6.45, 7) is 3.24. The van der Waals surface area contributed by atoms with Crippen molar-refractivity contribution < 1.29 is 14.3 Å². The van der Waals surface area contributed by atoms with Crippen LogP contribution in [-0.2, 0) is 4.74 Å². The number of ether oxygens (including phenoxy) is 2. The quantitative estimate of drug-likeness (QED) is 0.338. The molecule has 0 saturated heterocycles. The molecule has 34 heavy (non-hydrogen) atoms. The van der Waals surface area contributed by atoms with Crippen molar-refractivity contribution in [3.8, 4) is 16.9 Å². The maximum atomic E-state index is 12.4. The lowest BCUT2D eigenvalue weighted by Gasteiger charge is -2.14. The summed E-state index contributed by atoms with van der Waals surface area (Å²) in [6, 6.07) is 28.9. The predicted molar refractivity (Wildman–Crippen MR) is 137 cm³/mol. The average Bonchev–Trinajstić information content (AvgIpc) is 3.20. The van der Waals surface area contributed by atoms with Crippen molar-refractivity contribution in [3.05, 3.63) is 108 Å². The first kappa shape index (κ1) is 21.8. The monoisotopic (exact) mass is 449 g/mol. The van der Waals surface area contributed by atoms with Crippen LogP contribution < -0.4 is 10.1 Å². The highest BCUT2D eigenvalue weighted by molar-refractivity contribution is 5.93. The molecule has 1 amide bonds. The molecule has 0 fully saturated rings. The lowest BCUT2D eigenvalue weighted by Crippen LogP contribution is -2.26. The fraction of sp³-hybridized carbons (Fsp3) is 0.167. The molecule has 0 bridgehead atoms. The average molecular weight is 450 g/mol. The highest BCUT2D eigenvalue weighted by atomic mass is 16.5. The highest BCUT2D eigenvalue weighted by Gasteiger charge is 2.28. The van der Waals surface area contributed by atoms with Crippen molar-refractivity contribution in [3.63, 3.8) is 0 Å². The second-order valence-corrected chi connectivity index (χ2v) is 8.24. The standard InChI is InChI=1S/C30H27NO3/c1-2-33-29-18-17-21-10-3-4-11-22(21)27(29)16-9-19-31-30(32)34-20-28-25-14-7-5-12-23(25)24-13-6-8-15-26(24)28/h3-18,28H,2,19-20H2,1H3,(H,31,32). The molecule has 1 N–H and O–H groups in total. The summed E-state index contributed by atoms with van der Waals surface area (Å²) in [4.78, 5) is 12.4. The molecule has 0 radical (unpaired) electrons. The van der Waals surface area contributed by atoms with Gasteiger partial charge in [0.15, 0.2) is 0 Å². The third-order valence-electron chi connectivity index (χ3n) is 6.22. The van der Waals surface area contributed by atoms with Gasteiger partial charge >= 0.3 is 6.09 Å². The first-order chi connectivity index (χ1) is 16.8. The fourth-order valence-corrected chi connectivity index (χ4v) is 4.70. The van der Waals surface area contributed by atoms with Gasteiger partial charge in [0.2, 0.25) is 0 Å². The van der Waals surface area contributed by atoms with Crippen LogP contribution >= 0.6 is 0 Å². The van der Waals surface area contributed by atoms with Gasteiger partial charge in [0.25, 0.3) is 0 Å².